The van der Waals surface area contributed by atoms with Gasteiger partial charge in [-0.15, -0.1) is 0 Å². The van der Waals surface area contributed by atoms with Crippen molar-refractivity contribution in [3.63, 3.8) is 0 Å². The first-order valence-corrected chi connectivity index (χ1v) is 7.34. The summed E-state index contributed by atoms with van der Waals surface area (Å²) in [6.07, 6.45) is 7.08. The van der Waals surface area contributed by atoms with Gasteiger partial charge in [-0.05, 0) is 34.8 Å². The second-order valence-corrected chi connectivity index (χ2v) is 5.94. The Hall–Kier alpha value is -0.810. The number of ether oxygens (including phenoxy) is 1. The number of morpholine rings is 1. The SMILES string of the molecule is Nc1cc(Br)cnc1N1CCOC2CCCCC21. The minimum atomic E-state index is 0.359. The monoisotopic (exact) mass is 311 g/mol. The van der Waals surface area contributed by atoms with E-state index in [9.17, 15) is 0 Å². The lowest BCUT2D eigenvalue weighted by molar-refractivity contribution is -0.00892. The number of anilines is 2. The van der Waals surface area contributed by atoms with Crippen LogP contribution in [0.5, 0.6) is 0 Å². The molecule has 2 heterocycles. The van der Waals surface area contributed by atoms with Crippen molar-refractivity contribution in [2.24, 2.45) is 0 Å². The van der Waals surface area contributed by atoms with Gasteiger partial charge in [-0.25, -0.2) is 4.98 Å². The van der Waals surface area contributed by atoms with Crippen LogP contribution in [0.1, 0.15) is 25.7 Å². The topological polar surface area (TPSA) is 51.4 Å². The van der Waals surface area contributed by atoms with Gasteiger partial charge < -0.3 is 15.4 Å². The highest BCUT2D eigenvalue weighted by atomic mass is 79.9. The molecule has 0 aromatic carbocycles. The zero-order valence-corrected chi connectivity index (χ0v) is 11.9. The molecule has 0 amide bonds. The highest BCUT2D eigenvalue weighted by Gasteiger charge is 2.35. The molecule has 0 spiro atoms. The van der Waals surface area contributed by atoms with Crippen molar-refractivity contribution < 1.29 is 4.74 Å². The van der Waals surface area contributed by atoms with E-state index in [1.807, 2.05) is 12.3 Å². The lowest BCUT2D eigenvalue weighted by Gasteiger charge is -2.44. The van der Waals surface area contributed by atoms with Crippen LogP contribution in [-0.4, -0.2) is 30.3 Å². The van der Waals surface area contributed by atoms with Gasteiger partial charge in [0, 0.05) is 17.2 Å². The fourth-order valence-corrected chi connectivity index (χ4v) is 3.40. The number of pyridine rings is 1. The zero-order valence-electron chi connectivity index (χ0n) is 10.3. The number of nitrogen functional groups attached to an aromatic ring is 1. The van der Waals surface area contributed by atoms with Crippen molar-refractivity contribution in [3.05, 3.63) is 16.7 Å². The maximum atomic E-state index is 6.10. The number of nitrogens with zero attached hydrogens (tertiary/aromatic N) is 2. The van der Waals surface area contributed by atoms with Crippen LogP contribution in [0.25, 0.3) is 0 Å². The van der Waals surface area contributed by atoms with Gasteiger partial charge in [0.2, 0.25) is 0 Å². The summed E-state index contributed by atoms with van der Waals surface area (Å²) in [6, 6.07) is 2.37. The summed E-state index contributed by atoms with van der Waals surface area (Å²) in [5.74, 6) is 0.915. The molecular formula is C13H18BrN3O. The number of nitrogens with two attached hydrogens (primary N) is 1. The fourth-order valence-electron chi connectivity index (χ4n) is 3.05. The lowest BCUT2D eigenvalue weighted by atomic mass is 9.90. The predicted octanol–water partition coefficient (Wildman–Crippen LogP) is 2.57. The first kappa shape index (κ1) is 12.2. The van der Waals surface area contributed by atoms with E-state index in [1.54, 1.807) is 0 Å². The number of rotatable bonds is 1. The van der Waals surface area contributed by atoms with Gasteiger partial charge in [0.25, 0.3) is 0 Å². The summed E-state index contributed by atoms with van der Waals surface area (Å²) < 4.78 is 6.81. The molecule has 4 nitrogen and oxygen atoms in total. The summed E-state index contributed by atoms with van der Waals surface area (Å²) in [6.45, 7) is 1.67. The third kappa shape index (κ3) is 2.21. The summed E-state index contributed by atoms with van der Waals surface area (Å²) in [5, 5.41) is 0. The molecule has 0 radical (unpaired) electrons. The first-order chi connectivity index (χ1) is 8.75. The normalized spacial score (nSPS) is 27.9. The Balaban J connectivity index is 1.89. The molecular weight excluding hydrogens is 294 g/mol. The molecule has 1 aliphatic heterocycles. The molecule has 1 aromatic heterocycles. The summed E-state index contributed by atoms with van der Waals surface area (Å²) >= 11 is 3.40. The van der Waals surface area contributed by atoms with Crippen molar-refractivity contribution in [2.45, 2.75) is 37.8 Å². The largest absolute Gasteiger partial charge is 0.396 e. The number of fused-ring (bicyclic) bond motifs is 1. The number of hydrogen-bond acceptors (Lipinski definition) is 4. The van der Waals surface area contributed by atoms with Crippen molar-refractivity contribution >= 4 is 27.4 Å². The summed E-state index contributed by atoms with van der Waals surface area (Å²) in [5.41, 5.74) is 6.85. The van der Waals surface area contributed by atoms with E-state index in [-0.39, 0.29) is 0 Å². The summed E-state index contributed by atoms with van der Waals surface area (Å²) in [7, 11) is 0. The molecule has 2 aliphatic rings. The predicted molar refractivity (Wildman–Crippen MR) is 75.7 cm³/mol. The van der Waals surface area contributed by atoms with Gasteiger partial charge in [0.1, 0.15) is 0 Å². The van der Waals surface area contributed by atoms with E-state index >= 15 is 0 Å². The van der Waals surface area contributed by atoms with E-state index in [1.165, 1.54) is 19.3 Å². The van der Waals surface area contributed by atoms with Crippen molar-refractivity contribution in [2.75, 3.05) is 23.8 Å². The third-order valence-corrected chi connectivity index (χ3v) is 4.30. The van der Waals surface area contributed by atoms with E-state index in [0.717, 1.165) is 35.6 Å². The van der Waals surface area contributed by atoms with Crippen LogP contribution in [0.2, 0.25) is 0 Å². The van der Waals surface area contributed by atoms with Gasteiger partial charge in [0.05, 0.1) is 24.4 Å². The molecule has 5 heteroatoms. The Labute approximate surface area is 116 Å². The van der Waals surface area contributed by atoms with Gasteiger partial charge >= 0.3 is 0 Å². The maximum Gasteiger partial charge on any atom is 0.152 e. The second-order valence-electron chi connectivity index (χ2n) is 5.02. The van der Waals surface area contributed by atoms with Crippen LogP contribution >= 0.6 is 15.9 Å². The quantitative estimate of drug-likeness (QED) is 0.866. The number of halogens is 1. The minimum absolute atomic E-state index is 0.359. The molecule has 2 unspecified atom stereocenters. The van der Waals surface area contributed by atoms with Gasteiger partial charge in [-0.3, -0.25) is 0 Å². The Morgan fingerprint density at radius 2 is 2.22 bits per heavy atom. The van der Waals surface area contributed by atoms with E-state index in [4.69, 9.17) is 10.5 Å². The molecule has 18 heavy (non-hydrogen) atoms. The highest BCUT2D eigenvalue weighted by Crippen LogP contribution is 2.34. The summed E-state index contributed by atoms with van der Waals surface area (Å²) in [4.78, 5) is 6.83. The number of hydrogen-bond donors (Lipinski definition) is 1. The molecule has 1 aromatic rings. The lowest BCUT2D eigenvalue weighted by Crippen LogP contribution is -2.53. The Morgan fingerprint density at radius 3 is 3.06 bits per heavy atom. The highest BCUT2D eigenvalue weighted by molar-refractivity contribution is 9.10. The van der Waals surface area contributed by atoms with E-state index in [0.29, 0.717) is 12.1 Å². The Bertz CT molecular complexity index is 438. The van der Waals surface area contributed by atoms with Gasteiger partial charge in [-0.1, -0.05) is 12.8 Å². The van der Waals surface area contributed by atoms with Gasteiger partial charge in [-0.2, -0.15) is 0 Å². The average Bonchev–Trinajstić information content (AvgIpc) is 2.38. The van der Waals surface area contributed by atoms with Crippen molar-refractivity contribution in [3.8, 4) is 0 Å². The standard InChI is InChI=1S/C13H18BrN3O/c14-9-7-10(15)13(16-8-9)17-5-6-18-12-4-2-1-3-11(12)17/h7-8,11-12H,1-6,15H2. The molecule has 1 saturated carbocycles. The van der Waals surface area contributed by atoms with Crippen LogP contribution in [0, 0.1) is 0 Å². The van der Waals surface area contributed by atoms with E-state index in [2.05, 4.69) is 25.8 Å². The minimum Gasteiger partial charge on any atom is -0.396 e. The van der Waals surface area contributed by atoms with Crippen LogP contribution in [-0.2, 0) is 4.74 Å². The fraction of sp³-hybridized carbons (Fsp3) is 0.615. The van der Waals surface area contributed by atoms with E-state index < -0.39 is 0 Å². The maximum absolute atomic E-state index is 6.10. The molecule has 2 atom stereocenters. The smallest absolute Gasteiger partial charge is 0.152 e. The molecule has 3 rings (SSSR count). The van der Waals surface area contributed by atoms with Crippen LogP contribution in [0.3, 0.4) is 0 Å². The third-order valence-electron chi connectivity index (χ3n) is 3.87. The van der Waals surface area contributed by atoms with Crippen LogP contribution in [0.4, 0.5) is 11.5 Å². The van der Waals surface area contributed by atoms with Gasteiger partial charge in [0.15, 0.2) is 5.82 Å². The second kappa shape index (κ2) is 5.05. The van der Waals surface area contributed by atoms with Crippen LogP contribution < -0.4 is 10.6 Å². The zero-order chi connectivity index (χ0) is 12.5. The Kier molecular flexibility index (Phi) is 3.43. The molecule has 2 N–H and O–H groups in total. The average molecular weight is 312 g/mol. The molecule has 98 valence electrons. The van der Waals surface area contributed by atoms with Crippen LogP contribution in [0.15, 0.2) is 16.7 Å². The molecule has 2 fully saturated rings. The molecule has 0 bridgehead atoms. The first-order valence-electron chi connectivity index (χ1n) is 6.55. The molecule has 1 saturated heterocycles. The molecule has 1 aliphatic carbocycles. The Morgan fingerprint density at radius 1 is 1.39 bits per heavy atom. The van der Waals surface area contributed by atoms with Crippen molar-refractivity contribution in [1.82, 2.24) is 4.98 Å². The number of aromatic nitrogens is 1. The van der Waals surface area contributed by atoms with Crippen molar-refractivity contribution in [1.29, 1.82) is 0 Å².